The summed E-state index contributed by atoms with van der Waals surface area (Å²) in [6.45, 7) is 1.96. The monoisotopic (exact) mass is 185 g/mol. The van der Waals surface area contributed by atoms with E-state index < -0.39 is 0 Å². The van der Waals surface area contributed by atoms with E-state index in [9.17, 15) is 9.59 Å². The zero-order valence-electron chi connectivity index (χ0n) is 8.13. The summed E-state index contributed by atoms with van der Waals surface area (Å²) in [6, 6.07) is 0. The Kier molecular flexibility index (Phi) is 10.7. The molecule has 0 aliphatic rings. The number of carbonyl (C=O) groups is 2. The molecule has 3 heteroatoms. The van der Waals surface area contributed by atoms with Crippen molar-refractivity contribution in [1.82, 2.24) is 5.32 Å². The molecule has 0 bridgehead atoms. The van der Waals surface area contributed by atoms with Gasteiger partial charge in [0.05, 0.1) is 0 Å². The number of nitrogens with one attached hydrogen (secondary N) is 1. The van der Waals surface area contributed by atoms with Crippen molar-refractivity contribution >= 4 is 12.6 Å². The molecule has 0 unspecified atom stereocenters. The van der Waals surface area contributed by atoms with E-state index in [0.29, 0.717) is 12.8 Å². The van der Waals surface area contributed by atoms with Crippen LogP contribution in [0.2, 0.25) is 0 Å². The first-order chi connectivity index (χ1) is 6.41. The summed E-state index contributed by atoms with van der Waals surface area (Å²) in [6.07, 6.45) is 7.35. The fourth-order valence-electron chi connectivity index (χ4n) is 1.08. The van der Waals surface area contributed by atoms with Gasteiger partial charge in [-0.15, -0.1) is 0 Å². The maximum atomic E-state index is 9.96. The van der Waals surface area contributed by atoms with E-state index in [0.717, 1.165) is 51.3 Å². The first kappa shape index (κ1) is 12.3. The summed E-state index contributed by atoms with van der Waals surface area (Å²) >= 11 is 0. The van der Waals surface area contributed by atoms with Gasteiger partial charge in [0, 0.05) is 12.8 Å². The van der Waals surface area contributed by atoms with Crippen LogP contribution in [-0.2, 0) is 9.59 Å². The van der Waals surface area contributed by atoms with Crippen LogP contribution in [0.1, 0.15) is 38.5 Å². The summed E-state index contributed by atoms with van der Waals surface area (Å²) in [4.78, 5) is 19.9. The van der Waals surface area contributed by atoms with E-state index in [2.05, 4.69) is 5.32 Å². The van der Waals surface area contributed by atoms with Crippen LogP contribution < -0.4 is 5.32 Å². The van der Waals surface area contributed by atoms with Gasteiger partial charge in [-0.3, -0.25) is 0 Å². The second-order valence-electron chi connectivity index (χ2n) is 3.07. The first-order valence-electron chi connectivity index (χ1n) is 5.00. The lowest BCUT2D eigenvalue weighted by atomic mass is 10.2. The molecule has 0 aliphatic heterocycles. The highest BCUT2D eigenvalue weighted by Gasteiger charge is 1.89. The molecule has 13 heavy (non-hydrogen) atoms. The maximum absolute atomic E-state index is 9.96. The minimum absolute atomic E-state index is 0.673. The van der Waals surface area contributed by atoms with Crippen LogP contribution in [0.15, 0.2) is 0 Å². The largest absolute Gasteiger partial charge is 0.317 e. The predicted octanol–water partition coefficient (Wildman–Crippen LogP) is 1.31. The smallest absolute Gasteiger partial charge is 0.119 e. The van der Waals surface area contributed by atoms with E-state index in [4.69, 9.17) is 0 Å². The van der Waals surface area contributed by atoms with Crippen molar-refractivity contribution in [3.63, 3.8) is 0 Å². The second kappa shape index (κ2) is 11.3. The number of carbonyl (C=O) groups excluding carboxylic acids is 2. The molecule has 0 aromatic carbocycles. The molecule has 0 fully saturated rings. The van der Waals surface area contributed by atoms with Gasteiger partial charge in [0.1, 0.15) is 12.6 Å². The zero-order chi connectivity index (χ0) is 9.78. The minimum atomic E-state index is 0.673. The SMILES string of the molecule is O=CCCCCNCCCCC=O. The molecular weight excluding hydrogens is 166 g/mol. The van der Waals surface area contributed by atoms with E-state index in [-0.39, 0.29) is 0 Å². The average molecular weight is 185 g/mol. The fraction of sp³-hybridized carbons (Fsp3) is 0.800. The first-order valence-corrected chi connectivity index (χ1v) is 5.00. The highest BCUT2D eigenvalue weighted by atomic mass is 16.1. The number of hydrogen-bond acceptors (Lipinski definition) is 3. The highest BCUT2D eigenvalue weighted by molar-refractivity contribution is 5.49. The predicted molar refractivity (Wildman–Crippen MR) is 52.7 cm³/mol. The molecule has 0 radical (unpaired) electrons. The van der Waals surface area contributed by atoms with Gasteiger partial charge >= 0.3 is 0 Å². The third-order valence-corrected chi connectivity index (χ3v) is 1.85. The molecule has 0 heterocycles. The number of aldehydes is 2. The van der Waals surface area contributed by atoms with E-state index in [1.54, 1.807) is 0 Å². The van der Waals surface area contributed by atoms with Gasteiger partial charge < -0.3 is 14.9 Å². The molecule has 0 saturated heterocycles. The Morgan fingerprint density at radius 1 is 0.769 bits per heavy atom. The topological polar surface area (TPSA) is 46.2 Å². The van der Waals surface area contributed by atoms with E-state index >= 15 is 0 Å². The van der Waals surface area contributed by atoms with Gasteiger partial charge in [0.15, 0.2) is 0 Å². The third-order valence-electron chi connectivity index (χ3n) is 1.85. The molecule has 0 aliphatic carbocycles. The van der Waals surface area contributed by atoms with Crippen LogP contribution in [0, 0.1) is 0 Å². The normalized spacial score (nSPS) is 9.85. The maximum Gasteiger partial charge on any atom is 0.119 e. The molecule has 76 valence electrons. The van der Waals surface area contributed by atoms with Crippen LogP contribution in [0.5, 0.6) is 0 Å². The van der Waals surface area contributed by atoms with Crippen LogP contribution in [0.25, 0.3) is 0 Å². The Balaban J connectivity index is 2.83. The average Bonchev–Trinajstić information content (AvgIpc) is 2.16. The summed E-state index contributed by atoms with van der Waals surface area (Å²) in [5, 5.41) is 3.27. The molecule has 3 nitrogen and oxygen atoms in total. The molecule has 0 aromatic heterocycles. The highest BCUT2D eigenvalue weighted by Crippen LogP contribution is 1.92. The summed E-state index contributed by atoms with van der Waals surface area (Å²) in [5.74, 6) is 0. The van der Waals surface area contributed by atoms with Crippen molar-refractivity contribution in [1.29, 1.82) is 0 Å². The zero-order valence-corrected chi connectivity index (χ0v) is 8.13. The fourth-order valence-corrected chi connectivity index (χ4v) is 1.08. The Bertz CT molecular complexity index is 112. The Morgan fingerprint density at radius 2 is 1.23 bits per heavy atom. The summed E-state index contributed by atoms with van der Waals surface area (Å²) in [5.41, 5.74) is 0. The quantitative estimate of drug-likeness (QED) is 0.412. The summed E-state index contributed by atoms with van der Waals surface area (Å²) in [7, 11) is 0. The van der Waals surface area contributed by atoms with Gasteiger partial charge in [0.2, 0.25) is 0 Å². The molecule has 0 rings (SSSR count). The van der Waals surface area contributed by atoms with Gasteiger partial charge in [-0.2, -0.15) is 0 Å². The Labute approximate surface area is 79.9 Å². The standard InChI is InChI=1S/C10H19NO2/c12-9-5-1-3-7-11-8-4-2-6-10-13/h9-11H,1-8H2. The lowest BCUT2D eigenvalue weighted by molar-refractivity contribution is -0.108. The number of rotatable bonds is 10. The molecule has 0 saturated carbocycles. The van der Waals surface area contributed by atoms with Crippen LogP contribution >= 0.6 is 0 Å². The molecule has 0 aromatic rings. The second-order valence-corrected chi connectivity index (χ2v) is 3.07. The van der Waals surface area contributed by atoms with Gasteiger partial charge in [0.25, 0.3) is 0 Å². The van der Waals surface area contributed by atoms with Crippen LogP contribution in [-0.4, -0.2) is 25.7 Å². The van der Waals surface area contributed by atoms with Gasteiger partial charge in [-0.05, 0) is 38.8 Å². The minimum Gasteiger partial charge on any atom is -0.317 e. The van der Waals surface area contributed by atoms with Crippen molar-refractivity contribution in [2.45, 2.75) is 38.5 Å². The molecule has 1 N–H and O–H groups in total. The molecule has 0 atom stereocenters. The van der Waals surface area contributed by atoms with Crippen molar-refractivity contribution in [3.05, 3.63) is 0 Å². The Hall–Kier alpha value is -0.700. The van der Waals surface area contributed by atoms with Crippen molar-refractivity contribution < 1.29 is 9.59 Å². The summed E-state index contributed by atoms with van der Waals surface area (Å²) < 4.78 is 0. The number of unbranched alkanes of at least 4 members (excludes halogenated alkanes) is 4. The van der Waals surface area contributed by atoms with Crippen molar-refractivity contribution in [2.24, 2.45) is 0 Å². The Morgan fingerprint density at radius 3 is 1.62 bits per heavy atom. The molecule has 0 amide bonds. The van der Waals surface area contributed by atoms with E-state index in [1.165, 1.54) is 0 Å². The molecular formula is C10H19NO2. The van der Waals surface area contributed by atoms with Gasteiger partial charge in [-0.1, -0.05) is 0 Å². The third kappa shape index (κ3) is 11.3. The van der Waals surface area contributed by atoms with Gasteiger partial charge in [-0.25, -0.2) is 0 Å². The van der Waals surface area contributed by atoms with Crippen molar-refractivity contribution in [3.8, 4) is 0 Å². The van der Waals surface area contributed by atoms with Crippen LogP contribution in [0.4, 0.5) is 0 Å². The lowest BCUT2D eigenvalue weighted by Crippen LogP contribution is -2.16. The van der Waals surface area contributed by atoms with Crippen molar-refractivity contribution in [2.75, 3.05) is 13.1 Å². The molecule has 0 spiro atoms. The van der Waals surface area contributed by atoms with Crippen LogP contribution in [0.3, 0.4) is 0 Å². The lowest BCUT2D eigenvalue weighted by Gasteiger charge is -2.01. The van der Waals surface area contributed by atoms with E-state index in [1.807, 2.05) is 0 Å². The number of hydrogen-bond donors (Lipinski definition) is 1.